The van der Waals surface area contributed by atoms with Crippen LogP contribution in [0.4, 0.5) is 0 Å². The number of hydrogen-bond donors (Lipinski definition) is 0. The van der Waals surface area contributed by atoms with Gasteiger partial charge in [0.05, 0.1) is 0 Å². The maximum atomic E-state index is 12.4. The highest BCUT2D eigenvalue weighted by Gasteiger charge is 2.59. The minimum absolute atomic E-state index is 0.124. The summed E-state index contributed by atoms with van der Waals surface area (Å²) in [5.41, 5.74) is 0.236. The SMILES string of the molecule is CC(=O)O[C@H]1CC[C@@]2(C)[C@@H](CC[C@@H]3[C@@H]2CC[C@]2(C)C(=O)C=C[C@@H]32)C1. The van der Waals surface area contributed by atoms with Crippen LogP contribution in [0.5, 0.6) is 0 Å². The molecule has 0 saturated heterocycles. The molecule has 4 rings (SSSR count). The first kappa shape index (κ1) is 16.4. The predicted molar refractivity (Wildman–Crippen MR) is 92.2 cm³/mol. The van der Waals surface area contributed by atoms with Gasteiger partial charge in [-0.05, 0) is 80.1 Å². The average Bonchev–Trinajstić information content (AvgIpc) is 2.83. The maximum absolute atomic E-state index is 12.4. The van der Waals surface area contributed by atoms with Crippen LogP contribution < -0.4 is 0 Å². The lowest BCUT2D eigenvalue weighted by Crippen LogP contribution is -2.54. The van der Waals surface area contributed by atoms with Gasteiger partial charge in [0.25, 0.3) is 0 Å². The highest BCUT2D eigenvalue weighted by Crippen LogP contribution is 2.64. The van der Waals surface area contributed by atoms with Gasteiger partial charge >= 0.3 is 5.97 Å². The molecule has 4 aliphatic carbocycles. The molecule has 0 radical (unpaired) electrons. The van der Waals surface area contributed by atoms with Gasteiger partial charge in [-0.25, -0.2) is 0 Å². The Morgan fingerprint density at radius 1 is 1.17 bits per heavy atom. The van der Waals surface area contributed by atoms with E-state index < -0.39 is 0 Å². The fraction of sp³-hybridized carbons (Fsp3) is 0.810. The lowest BCUT2D eigenvalue weighted by molar-refractivity contribution is -0.159. The van der Waals surface area contributed by atoms with E-state index in [4.69, 9.17) is 4.74 Å². The van der Waals surface area contributed by atoms with Gasteiger partial charge in [0.1, 0.15) is 6.10 Å². The molecular weight excluding hydrogens is 300 g/mol. The Morgan fingerprint density at radius 2 is 1.96 bits per heavy atom. The van der Waals surface area contributed by atoms with E-state index in [-0.39, 0.29) is 17.5 Å². The molecule has 0 bridgehead atoms. The van der Waals surface area contributed by atoms with Gasteiger partial charge < -0.3 is 4.74 Å². The van der Waals surface area contributed by atoms with Crippen LogP contribution in [0.3, 0.4) is 0 Å². The zero-order valence-electron chi connectivity index (χ0n) is 15.2. The van der Waals surface area contributed by atoms with Crippen LogP contribution in [0.15, 0.2) is 12.2 Å². The number of fused-ring (bicyclic) bond motifs is 5. The minimum Gasteiger partial charge on any atom is -0.463 e. The highest BCUT2D eigenvalue weighted by atomic mass is 16.5. The maximum Gasteiger partial charge on any atom is 0.302 e. The summed E-state index contributed by atoms with van der Waals surface area (Å²) in [7, 11) is 0. The Kier molecular flexibility index (Phi) is 3.71. The van der Waals surface area contributed by atoms with Gasteiger partial charge in [-0.15, -0.1) is 0 Å². The van der Waals surface area contributed by atoms with E-state index in [1.165, 1.54) is 26.2 Å². The summed E-state index contributed by atoms with van der Waals surface area (Å²) in [6, 6.07) is 0. The third kappa shape index (κ3) is 2.23. The van der Waals surface area contributed by atoms with Crippen molar-refractivity contribution in [2.75, 3.05) is 0 Å². The van der Waals surface area contributed by atoms with Crippen molar-refractivity contribution < 1.29 is 14.3 Å². The summed E-state index contributed by atoms with van der Waals surface area (Å²) in [6.07, 6.45) is 12.1. The van der Waals surface area contributed by atoms with Gasteiger partial charge in [-0.2, -0.15) is 0 Å². The van der Waals surface area contributed by atoms with Gasteiger partial charge in [-0.1, -0.05) is 19.9 Å². The van der Waals surface area contributed by atoms with Crippen LogP contribution in [0.2, 0.25) is 0 Å². The number of rotatable bonds is 1. The molecule has 7 atom stereocenters. The predicted octanol–water partition coefficient (Wildman–Crippen LogP) is 4.31. The molecule has 0 spiro atoms. The Balaban J connectivity index is 1.55. The van der Waals surface area contributed by atoms with Gasteiger partial charge in [-0.3, -0.25) is 9.59 Å². The minimum atomic E-state index is -0.139. The first-order valence-electron chi connectivity index (χ1n) is 9.74. The van der Waals surface area contributed by atoms with E-state index in [9.17, 15) is 9.59 Å². The van der Waals surface area contributed by atoms with Gasteiger partial charge in [0, 0.05) is 12.3 Å². The van der Waals surface area contributed by atoms with E-state index in [2.05, 4.69) is 19.9 Å². The van der Waals surface area contributed by atoms with Crippen molar-refractivity contribution in [3.05, 3.63) is 12.2 Å². The molecule has 0 aromatic heterocycles. The van der Waals surface area contributed by atoms with Crippen molar-refractivity contribution >= 4 is 11.8 Å². The van der Waals surface area contributed by atoms with Crippen molar-refractivity contribution in [2.24, 2.45) is 34.5 Å². The second kappa shape index (κ2) is 5.44. The van der Waals surface area contributed by atoms with Gasteiger partial charge in [0.15, 0.2) is 5.78 Å². The largest absolute Gasteiger partial charge is 0.463 e. The number of allylic oxidation sites excluding steroid dienone is 2. The first-order valence-corrected chi connectivity index (χ1v) is 9.74. The Bertz CT molecular complexity index is 594. The number of esters is 1. The van der Waals surface area contributed by atoms with Crippen LogP contribution >= 0.6 is 0 Å². The molecule has 3 heteroatoms. The van der Waals surface area contributed by atoms with E-state index in [0.717, 1.165) is 31.6 Å². The van der Waals surface area contributed by atoms with E-state index in [1.807, 2.05) is 6.08 Å². The number of ether oxygens (including phenoxy) is 1. The molecule has 0 aromatic rings. The lowest BCUT2D eigenvalue weighted by Gasteiger charge is -2.60. The van der Waals surface area contributed by atoms with Crippen molar-refractivity contribution in [1.29, 1.82) is 0 Å². The highest BCUT2D eigenvalue weighted by molar-refractivity contribution is 5.97. The molecule has 0 aromatic carbocycles. The molecule has 3 nitrogen and oxygen atoms in total. The number of carbonyl (C=O) groups is 2. The quantitative estimate of drug-likeness (QED) is 0.673. The molecule has 0 aliphatic heterocycles. The molecular formula is C21H30O3. The smallest absolute Gasteiger partial charge is 0.302 e. The van der Waals surface area contributed by atoms with E-state index in [0.29, 0.717) is 29.0 Å². The van der Waals surface area contributed by atoms with Crippen molar-refractivity contribution in [3.63, 3.8) is 0 Å². The van der Waals surface area contributed by atoms with E-state index >= 15 is 0 Å². The molecule has 3 saturated carbocycles. The summed E-state index contributed by atoms with van der Waals surface area (Å²) in [6.45, 7) is 6.21. The van der Waals surface area contributed by atoms with Crippen molar-refractivity contribution in [3.8, 4) is 0 Å². The third-order valence-corrected chi connectivity index (χ3v) is 8.22. The third-order valence-electron chi connectivity index (χ3n) is 8.22. The Labute approximate surface area is 145 Å². The number of ketones is 1. The fourth-order valence-electron chi connectivity index (χ4n) is 6.83. The monoisotopic (exact) mass is 330 g/mol. The second-order valence-corrected chi connectivity index (χ2v) is 9.26. The molecule has 24 heavy (non-hydrogen) atoms. The van der Waals surface area contributed by atoms with Crippen molar-refractivity contribution in [1.82, 2.24) is 0 Å². The molecule has 3 fully saturated rings. The van der Waals surface area contributed by atoms with Gasteiger partial charge in [0.2, 0.25) is 0 Å². The number of hydrogen-bond acceptors (Lipinski definition) is 3. The topological polar surface area (TPSA) is 43.4 Å². The Hall–Kier alpha value is -1.12. The lowest BCUT2D eigenvalue weighted by atomic mass is 9.45. The summed E-state index contributed by atoms with van der Waals surface area (Å²) in [4.78, 5) is 23.7. The van der Waals surface area contributed by atoms with Crippen LogP contribution in [0, 0.1) is 34.5 Å². The van der Waals surface area contributed by atoms with Crippen LogP contribution in [-0.2, 0) is 14.3 Å². The average molecular weight is 330 g/mol. The second-order valence-electron chi connectivity index (χ2n) is 9.26. The molecule has 0 heterocycles. The summed E-state index contributed by atoms with van der Waals surface area (Å²) < 4.78 is 5.53. The summed E-state index contributed by atoms with van der Waals surface area (Å²) in [5, 5.41) is 0. The number of carbonyl (C=O) groups excluding carboxylic acids is 2. The zero-order chi connectivity index (χ0) is 17.1. The summed E-state index contributed by atoms with van der Waals surface area (Å²) in [5.74, 6) is 2.73. The zero-order valence-corrected chi connectivity index (χ0v) is 15.2. The van der Waals surface area contributed by atoms with Crippen LogP contribution in [0.1, 0.15) is 65.7 Å². The molecule has 0 amide bonds. The Morgan fingerprint density at radius 3 is 2.71 bits per heavy atom. The van der Waals surface area contributed by atoms with Crippen LogP contribution in [-0.4, -0.2) is 17.9 Å². The summed E-state index contributed by atoms with van der Waals surface area (Å²) >= 11 is 0. The van der Waals surface area contributed by atoms with E-state index in [1.54, 1.807) is 0 Å². The molecule has 132 valence electrons. The molecule has 4 aliphatic rings. The first-order chi connectivity index (χ1) is 11.3. The normalized spacial score (nSPS) is 50.0. The molecule has 0 N–H and O–H groups in total. The van der Waals surface area contributed by atoms with Crippen LogP contribution in [0.25, 0.3) is 0 Å². The molecule has 0 unspecified atom stereocenters. The standard InChI is InChI=1S/C21H30O3/c1-13(22)24-15-8-10-20(2)14(12-15)4-5-16-17-6-7-19(23)21(17,3)11-9-18(16)20/h6-7,14-18H,4-5,8-12H2,1-3H3/t14-,15-,16-,17-,18-,20-,21-/m0/s1. The fourth-order valence-corrected chi connectivity index (χ4v) is 6.83. The van der Waals surface area contributed by atoms with Crippen molar-refractivity contribution in [2.45, 2.75) is 71.8 Å².